The molecule has 1 fully saturated rings. The van der Waals surface area contributed by atoms with Crippen molar-refractivity contribution in [1.82, 2.24) is 9.80 Å². The van der Waals surface area contributed by atoms with Crippen molar-refractivity contribution in [2.75, 3.05) is 26.2 Å². The van der Waals surface area contributed by atoms with Crippen molar-refractivity contribution in [2.24, 2.45) is 0 Å². The number of nitrogens with zero attached hydrogens (tertiary/aromatic N) is 2. The van der Waals surface area contributed by atoms with E-state index in [9.17, 15) is 4.79 Å². The molecule has 0 aromatic carbocycles. The highest BCUT2D eigenvalue weighted by atomic mass is 16.2. The van der Waals surface area contributed by atoms with Crippen LogP contribution in [0.2, 0.25) is 0 Å². The highest BCUT2D eigenvalue weighted by Crippen LogP contribution is 2.14. The van der Waals surface area contributed by atoms with Crippen LogP contribution in [-0.4, -0.2) is 47.9 Å². The molecule has 0 aromatic heterocycles. The van der Waals surface area contributed by atoms with Crippen molar-refractivity contribution in [3.63, 3.8) is 0 Å². The van der Waals surface area contributed by atoms with Crippen LogP contribution in [0, 0.1) is 0 Å². The molecule has 1 saturated heterocycles. The summed E-state index contributed by atoms with van der Waals surface area (Å²) in [6.45, 7) is 8.15. The fourth-order valence-corrected chi connectivity index (χ4v) is 2.40. The fraction of sp³-hybridized carbons (Fsp3) is 0.643. The van der Waals surface area contributed by atoms with Gasteiger partial charge in [-0.05, 0) is 26.7 Å². The standard InChI is InChI=1S/C14H22N2O/c1-12(2)15-8-10-16(11-9-15)14(17)13-6-4-3-5-7-13/h4,6-7,12H,3,5,8-11H2,1-2H3. The Labute approximate surface area is 104 Å². The van der Waals surface area contributed by atoms with Crippen LogP contribution < -0.4 is 0 Å². The minimum atomic E-state index is 0.212. The summed E-state index contributed by atoms with van der Waals surface area (Å²) < 4.78 is 0. The Bertz CT molecular complexity index is 336. The summed E-state index contributed by atoms with van der Waals surface area (Å²) in [5.41, 5.74) is 0.884. The van der Waals surface area contributed by atoms with E-state index < -0.39 is 0 Å². The number of rotatable bonds is 2. The lowest BCUT2D eigenvalue weighted by atomic mass is 10.1. The monoisotopic (exact) mass is 234 g/mol. The average molecular weight is 234 g/mol. The number of allylic oxidation sites excluding steroid dienone is 2. The number of hydrogen-bond acceptors (Lipinski definition) is 2. The number of amides is 1. The first-order chi connectivity index (χ1) is 8.18. The van der Waals surface area contributed by atoms with E-state index >= 15 is 0 Å². The molecule has 0 N–H and O–H groups in total. The Hall–Kier alpha value is -1.09. The van der Waals surface area contributed by atoms with Gasteiger partial charge in [0.2, 0.25) is 0 Å². The molecule has 17 heavy (non-hydrogen) atoms. The van der Waals surface area contributed by atoms with Crippen LogP contribution in [0.25, 0.3) is 0 Å². The van der Waals surface area contributed by atoms with Gasteiger partial charge in [0.1, 0.15) is 0 Å². The summed E-state index contributed by atoms with van der Waals surface area (Å²) in [5.74, 6) is 0.212. The predicted octanol–water partition coefficient (Wildman–Crippen LogP) is 1.82. The fourth-order valence-electron chi connectivity index (χ4n) is 2.40. The van der Waals surface area contributed by atoms with Crippen LogP contribution in [-0.2, 0) is 4.79 Å². The second-order valence-corrected chi connectivity index (χ2v) is 5.06. The quantitative estimate of drug-likeness (QED) is 0.727. The third-order valence-electron chi connectivity index (χ3n) is 3.57. The maximum atomic E-state index is 12.2. The summed E-state index contributed by atoms with van der Waals surface area (Å²) in [5, 5.41) is 0. The van der Waals surface area contributed by atoms with Crippen molar-refractivity contribution in [1.29, 1.82) is 0 Å². The first kappa shape index (κ1) is 12.4. The second-order valence-electron chi connectivity index (χ2n) is 5.06. The van der Waals surface area contributed by atoms with Gasteiger partial charge in [0, 0.05) is 37.8 Å². The zero-order chi connectivity index (χ0) is 12.3. The Morgan fingerprint density at radius 1 is 1.18 bits per heavy atom. The molecule has 0 unspecified atom stereocenters. The van der Waals surface area contributed by atoms with Crippen LogP contribution in [0.3, 0.4) is 0 Å². The van der Waals surface area contributed by atoms with E-state index in [-0.39, 0.29) is 5.91 Å². The topological polar surface area (TPSA) is 23.6 Å². The third-order valence-corrected chi connectivity index (χ3v) is 3.57. The lowest BCUT2D eigenvalue weighted by Crippen LogP contribution is -2.51. The average Bonchev–Trinajstić information content (AvgIpc) is 2.39. The zero-order valence-corrected chi connectivity index (χ0v) is 10.9. The predicted molar refractivity (Wildman–Crippen MR) is 69.7 cm³/mol. The molecule has 0 atom stereocenters. The molecule has 1 aliphatic carbocycles. The second kappa shape index (κ2) is 5.50. The van der Waals surface area contributed by atoms with Gasteiger partial charge >= 0.3 is 0 Å². The van der Waals surface area contributed by atoms with Crippen molar-refractivity contribution >= 4 is 5.91 Å². The van der Waals surface area contributed by atoms with Crippen LogP contribution in [0.4, 0.5) is 0 Å². The molecule has 0 radical (unpaired) electrons. The molecule has 0 saturated carbocycles. The molecule has 2 rings (SSSR count). The van der Waals surface area contributed by atoms with Gasteiger partial charge in [-0.25, -0.2) is 0 Å². The van der Waals surface area contributed by atoms with Gasteiger partial charge in [-0.15, -0.1) is 0 Å². The van der Waals surface area contributed by atoms with E-state index in [1.54, 1.807) is 0 Å². The first-order valence-corrected chi connectivity index (χ1v) is 6.58. The molecule has 2 aliphatic rings. The SMILES string of the molecule is CC(C)N1CCN(C(=O)C2=CCCC=C2)CC1. The Kier molecular flexibility index (Phi) is 4.00. The van der Waals surface area contributed by atoms with E-state index in [0.717, 1.165) is 44.6 Å². The lowest BCUT2D eigenvalue weighted by Gasteiger charge is -2.37. The van der Waals surface area contributed by atoms with E-state index in [1.807, 2.05) is 11.0 Å². The molecule has 3 heteroatoms. The van der Waals surface area contributed by atoms with Crippen molar-refractivity contribution < 1.29 is 4.79 Å². The molecule has 3 nitrogen and oxygen atoms in total. The van der Waals surface area contributed by atoms with Crippen LogP contribution >= 0.6 is 0 Å². The van der Waals surface area contributed by atoms with Gasteiger partial charge < -0.3 is 4.90 Å². The maximum Gasteiger partial charge on any atom is 0.253 e. The van der Waals surface area contributed by atoms with Gasteiger partial charge in [0.15, 0.2) is 0 Å². The lowest BCUT2D eigenvalue weighted by molar-refractivity contribution is -0.128. The van der Waals surface area contributed by atoms with Gasteiger partial charge in [-0.1, -0.05) is 18.2 Å². The van der Waals surface area contributed by atoms with E-state index in [1.165, 1.54) is 0 Å². The number of hydrogen-bond donors (Lipinski definition) is 0. The molecular weight excluding hydrogens is 212 g/mol. The maximum absolute atomic E-state index is 12.2. The van der Waals surface area contributed by atoms with E-state index in [0.29, 0.717) is 6.04 Å². The summed E-state index contributed by atoms with van der Waals surface area (Å²) >= 11 is 0. The number of piperazine rings is 1. The first-order valence-electron chi connectivity index (χ1n) is 6.58. The highest BCUT2D eigenvalue weighted by molar-refractivity contribution is 5.96. The summed E-state index contributed by atoms with van der Waals surface area (Å²) in [4.78, 5) is 16.6. The molecule has 94 valence electrons. The molecule has 0 spiro atoms. The normalized spacial score (nSPS) is 21.8. The number of carbonyl (C=O) groups excluding carboxylic acids is 1. The minimum Gasteiger partial charge on any atom is -0.336 e. The molecule has 0 bridgehead atoms. The van der Waals surface area contributed by atoms with Gasteiger partial charge in [0.25, 0.3) is 5.91 Å². The number of carbonyl (C=O) groups is 1. The third kappa shape index (κ3) is 2.97. The van der Waals surface area contributed by atoms with Crippen molar-refractivity contribution in [2.45, 2.75) is 32.7 Å². The Morgan fingerprint density at radius 3 is 2.41 bits per heavy atom. The minimum absolute atomic E-state index is 0.212. The Balaban J connectivity index is 1.90. The van der Waals surface area contributed by atoms with Crippen molar-refractivity contribution in [3.05, 3.63) is 23.8 Å². The molecular formula is C14H22N2O. The smallest absolute Gasteiger partial charge is 0.253 e. The van der Waals surface area contributed by atoms with Crippen molar-refractivity contribution in [3.8, 4) is 0 Å². The highest BCUT2D eigenvalue weighted by Gasteiger charge is 2.23. The van der Waals surface area contributed by atoms with Gasteiger partial charge in [-0.3, -0.25) is 9.69 Å². The summed E-state index contributed by atoms with van der Waals surface area (Å²) in [6, 6.07) is 0.584. The molecule has 1 amide bonds. The molecule has 1 heterocycles. The zero-order valence-electron chi connectivity index (χ0n) is 10.9. The van der Waals surface area contributed by atoms with Crippen LogP contribution in [0.5, 0.6) is 0 Å². The Morgan fingerprint density at radius 2 is 1.88 bits per heavy atom. The van der Waals surface area contributed by atoms with Gasteiger partial charge in [-0.2, -0.15) is 0 Å². The van der Waals surface area contributed by atoms with E-state index in [2.05, 4.69) is 30.9 Å². The van der Waals surface area contributed by atoms with Crippen LogP contribution in [0.15, 0.2) is 23.8 Å². The largest absolute Gasteiger partial charge is 0.336 e. The molecule has 0 aromatic rings. The van der Waals surface area contributed by atoms with Crippen LogP contribution in [0.1, 0.15) is 26.7 Å². The molecule has 1 aliphatic heterocycles. The summed E-state index contributed by atoms with van der Waals surface area (Å²) in [6.07, 6.45) is 8.21. The van der Waals surface area contributed by atoms with E-state index in [4.69, 9.17) is 0 Å². The van der Waals surface area contributed by atoms with Gasteiger partial charge in [0.05, 0.1) is 0 Å². The summed E-state index contributed by atoms with van der Waals surface area (Å²) in [7, 11) is 0.